The largest absolute Gasteiger partial charge is 0.497 e. The number of nitrogens with zero attached hydrogens (tertiary/aromatic N) is 3. The summed E-state index contributed by atoms with van der Waals surface area (Å²) in [6.45, 7) is 4.16. The van der Waals surface area contributed by atoms with Crippen LogP contribution >= 0.6 is 0 Å². The van der Waals surface area contributed by atoms with E-state index in [2.05, 4.69) is 22.0 Å². The summed E-state index contributed by atoms with van der Waals surface area (Å²) in [4.78, 5) is 7.17. The Morgan fingerprint density at radius 1 is 1.03 bits per heavy atom. The minimum atomic E-state index is -3.55. The zero-order valence-corrected chi connectivity index (χ0v) is 19.2. The molecule has 1 fully saturated rings. The Kier molecular flexibility index (Phi) is 5.88. The maximum absolute atomic E-state index is 13.4. The van der Waals surface area contributed by atoms with Crippen LogP contribution in [0.5, 0.6) is 5.75 Å². The Hall–Kier alpha value is -2.48. The molecule has 2 aliphatic heterocycles. The molecular formula is C25H29N3O3S. The van der Waals surface area contributed by atoms with E-state index in [1.807, 2.05) is 24.3 Å². The summed E-state index contributed by atoms with van der Waals surface area (Å²) < 4.78 is 33.7. The van der Waals surface area contributed by atoms with E-state index < -0.39 is 10.0 Å². The van der Waals surface area contributed by atoms with Gasteiger partial charge in [0.1, 0.15) is 10.6 Å². The lowest BCUT2D eigenvalue weighted by Gasteiger charge is -2.36. The molecular weight excluding hydrogens is 422 g/mol. The number of aromatic nitrogens is 1. The van der Waals surface area contributed by atoms with Crippen molar-refractivity contribution < 1.29 is 13.2 Å². The van der Waals surface area contributed by atoms with Crippen molar-refractivity contribution >= 4 is 20.9 Å². The summed E-state index contributed by atoms with van der Waals surface area (Å²) in [6.07, 6.45) is 4.47. The number of hydrogen-bond donors (Lipinski definition) is 0. The number of rotatable bonds is 5. The molecule has 0 bridgehead atoms. The average Bonchev–Trinajstić information content (AvgIpc) is 2.83. The number of methoxy groups -OCH3 is 1. The van der Waals surface area contributed by atoms with Gasteiger partial charge in [0.15, 0.2) is 0 Å². The van der Waals surface area contributed by atoms with Gasteiger partial charge in [-0.2, -0.15) is 4.31 Å². The number of fused-ring (bicyclic) bond motifs is 2. The minimum absolute atomic E-state index is 0.317. The highest BCUT2D eigenvalue weighted by Crippen LogP contribution is 2.29. The van der Waals surface area contributed by atoms with E-state index in [0.29, 0.717) is 29.4 Å². The van der Waals surface area contributed by atoms with Gasteiger partial charge in [-0.1, -0.05) is 24.3 Å². The van der Waals surface area contributed by atoms with E-state index in [0.717, 1.165) is 50.0 Å². The smallest absolute Gasteiger partial charge is 0.245 e. The van der Waals surface area contributed by atoms with Crippen LogP contribution in [0, 0.1) is 5.92 Å². The summed E-state index contributed by atoms with van der Waals surface area (Å²) in [5, 5.41) is 0.853. The molecule has 7 heteroatoms. The van der Waals surface area contributed by atoms with E-state index in [4.69, 9.17) is 4.74 Å². The summed E-state index contributed by atoms with van der Waals surface area (Å²) in [7, 11) is -1.84. The zero-order chi connectivity index (χ0) is 22.1. The van der Waals surface area contributed by atoms with Crippen molar-refractivity contribution in [3.63, 3.8) is 0 Å². The van der Waals surface area contributed by atoms with Gasteiger partial charge in [-0.05, 0) is 60.6 Å². The number of ether oxygens (including phenoxy) is 1. The molecule has 0 unspecified atom stereocenters. The monoisotopic (exact) mass is 451 g/mol. The highest BCUT2D eigenvalue weighted by atomic mass is 32.2. The van der Waals surface area contributed by atoms with Crippen molar-refractivity contribution in [2.45, 2.75) is 30.7 Å². The van der Waals surface area contributed by atoms with E-state index in [9.17, 15) is 8.42 Å². The van der Waals surface area contributed by atoms with Crippen LogP contribution < -0.4 is 4.74 Å². The van der Waals surface area contributed by atoms with Crippen LogP contribution in [0.15, 0.2) is 59.6 Å². The minimum Gasteiger partial charge on any atom is -0.497 e. The van der Waals surface area contributed by atoms with Crippen LogP contribution in [0.1, 0.15) is 24.0 Å². The molecule has 2 aromatic carbocycles. The third-order valence-electron chi connectivity index (χ3n) is 6.81. The third kappa shape index (κ3) is 4.12. The standard InChI is InChI=1S/C25H29N3O3S/c1-31-23-8-7-22-18-27(13-11-21(22)16-23)17-19-9-14-28(15-10-19)32(29,30)24-6-2-4-20-5-3-12-26-25(20)24/h2-8,12,16,19H,9-11,13-15,17-18H2,1H3. The average molecular weight is 452 g/mol. The number of sulfonamides is 1. The van der Waals surface area contributed by atoms with Gasteiger partial charge in [-0.3, -0.25) is 9.88 Å². The fourth-order valence-corrected chi connectivity index (χ4v) is 6.63. The van der Waals surface area contributed by atoms with Crippen LogP contribution in [0.4, 0.5) is 0 Å². The van der Waals surface area contributed by atoms with Crippen molar-refractivity contribution in [1.82, 2.24) is 14.2 Å². The van der Waals surface area contributed by atoms with Crippen LogP contribution in [0.3, 0.4) is 0 Å². The van der Waals surface area contributed by atoms with Gasteiger partial charge in [0.2, 0.25) is 10.0 Å². The molecule has 0 atom stereocenters. The highest BCUT2D eigenvalue weighted by Gasteiger charge is 2.32. The predicted molar refractivity (Wildman–Crippen MR) is 125 cm³/mol. The molecule has 0 radical (unpaired) electrons. The van der Waals surface area contributed by atoms with Gasteiger partial charge >= 0.3 is 0 Å². The molecule has 6 nitrogen and oxygen atoms in total. The lowest BCUT2D eigenvalue weighted by molar-refractivity contribution is 0.171. The van der Waals surface area contributed by atoms with E-state index in [1.54, 1.807) is 29.7 Å². The van der Waals surface area contributed by atoms with E-state index >= 15 is 0 Å². The summed E-state index contributed by atoms with van der Waals surface area (Å²) >= 11 is 0. The quantitative estimate of drug-likeness (QED) is 0.592. The predicted octanol–water partition coefficient (Wildman–Crippen LogP) is 3.70. The van der Waals surface area contributed by atoms with Gasteiger partial charge in [0, 0.05) is 44.3 Å². The lowest BCUT2D eigenvalue weighted by atomic mass is 9.94. The number of benzene rings is 2. The van der Waals surface area contributed by atoms with Gasteiger partial charge in [0.05, 0.1) is 12.6 Å². The molecule has 1 aromatic heterocycles. The van der Waals surface area contributed by atoms with Gasteiger partial charge in [0.25, 0.3) is 0 Å². The molecule has 0 amide bonds. The van der Waals surface area contributed by atoms with E-state index in [1.165, 1.54) is 11.1 Å². The molecule has 1 saturated heterocycles. The summed E-state index contributed by atoms with van der Waals surface area (Å²) in [5.41, 5.74) is 3.31. The summed E-state index contributed by atoms with van der Waals surface area (Å²) in [5.74, 6) is 1.44. The van der Waals surface area contributed by atoms with Crippen molar-refractivity contribution in [3.05, 3.63) is 65.9 Å². The maximum Gasteiger partial charge on any atom is 0.245 e. The molecule has 32 heavy (non-hydrogen) atoms. The van der Waals surface area contributed by atoms with Crippen molar-refractivity contribution in [2.75, 3.05) is 33.3 Å². The van der Waals surface area contributed by atoms with Crippen LogP contribution in [-0.4, -0.2) is 55.9 Å². The van der Waals surface area contributed by atoms with Crippen molar-refractivity contribution in [2.24, 2.45) is 5.92 Å². The third-order valence-corrected chi connectivity index (χ3v) is 8.74. The SMILES string of the molecule is COc1ccc2c(c1)CCN(CC1CCN(S(=O)(=O)c3cccc4cccnc34)CC1)C2. The Balaban J connectivity index is 1.22. The molecule has 2 aliphatic rings. The second-order valence-electron chi connectivity index (χ2n) is 8.80. The first kappa shape index (κ1) is 21.4. The lowest BCUT2D eigenvalue weighted by Crippen LogP contribution is -2.42. The topological polar surface area (TPSA) is 62.7 Å². The number of pyridine rings is 1. The first-order valence-electron chi connectivity index (χ1n) is 11.3. The Labute approximate surface area is 189 Å². The Morgan fingerprint density at radius 3 is 2.66 bits per heavy atom. The van der Waals surface area contributed by atoms with Crippen molar-refractivity contribution in [1.29, 1.82) is 0 Å². The maximum atomic E-state index is 13.4. The molecule has 3 aromatic rings. The zero-order valence-electron chi connectivity index (χ0n) is 18.4. The number of hydrogen-bond acceptors (Lipinski definition) is 5. The van der Waals surface area contributed by atoms with Gasteiger partial charge < -0.3 is 4.74 Å². The normalized spacial score (nSPS) is 18.5. The fourth-order valence-electron chi connectivity index (χ4n) is 4.99. The molecule has 0 saturated carbocycles. The molecule has 0 N–H and O–H groups in total. The molecule has 0 spiro atoms. The Bertz CT molecular complexity index is 1210. The summed E-state index contributed by atoms with van der Waals surface area (Å²) in [6, 6.07) is 15.5. The molecule has 5 rings (SSSR count). The van der Waals surface area contributed by atoms with Gasteiger partial charge in [-0.15, -0.1) is 0 Å². The molecule has 0 aliphatic carbocycles. The van der Waals surface area contributed by atoms with Crippen LogP contribution in [-0.2, 0) is 23.0 Å². The fraction of sp³-hybridized carbons (Fsp3) is 0.400. The first-order chi connectivity index (χ1) is 15.5. The molecule has 3 heterocycles. The van der Waals surface area contributed by atoms with Crippen LogP contribution in [0.2, 0.25) is 0 Å². The van der Waals surface area contributed by atoms with Crippen LogP contribution in [0.25, 0.3) is 10.9 Å². The Morgan fingerprint density at radius 2 is 1.84 bits per heavy atom. The second kappa shape index (κ2) is 8.81. The number of para-hydroxylation sites is 1. The molecule has 168 valence electrons. The van der Waals surface area contributed by atoms with Crippen molar-refractivity contribution in [3.8, 4) is 5.75 Å². The number of piperidine rings is 1. The first-order valence-corrected chi connectivity index (χ1v) is 12.7. The van der Waals surface area contributed by atoms with E-state index in [-0.39, 0.29) is 0 Å². The second-order valence-corrected chi connectivity index (χ2v) is 10.7. The highest BCUT2D eigenvalue weighted by molar-refractivity contribution is 7.89. The van der Waals surface area contributed by atoms with Gasteiger partial charge in [-0.25, -0.2) is 8.42 Å².